The summed E-state index contributed by atoms with van der Waals surface area (Å²) in [5, 5.41) is 23.4. The summed E-state index contributed by atoms with van der Waals surface area (Å²) >= 11 is 0. The number of aryl methyl sites for hydroxylation is 1. The number of aromatic hydroxyl groups is 1. The Morgan fingerprint density at radius 3 is 2.75 bits per heavy atom. The van der Waals surface area contributed by atoms with Crippen LogP contribution >= 0.6 is 0 Å². The number of amides is 1. The van der Waals surface area contributed by atoms with E-state index in [9.17, 15) is 19.4 Å². The lowest BCUT2D eigenvalue weighted by Gasteiger charge is -2.33. The highest BCUT2D eigenvalue weighted by Gasteiger charge is 2.28. The number of anilines is 1. The van der Waals surface area contributed by atoms with Crippen LogP contribution in [0.25, 0.3) is 0 Å². The van der Waals surface area contributed by atoms with Crippen molar-refractivity contribution in [3.8, 4) is 11.5 Å². The second-order valence-electron chi connectivity index (χ2n) is 7.93. The van der Waals surface area contributed by atoms with E-state index in [1.807, 2.05) is 21.0 Å². The van der Waals surface area contributed by atoms with E-state index in [0.717, 1.165) is 24.1 Å². The van der Waals surface area contributed by atoms with Crippen LogP contribution in [0.5, 0.6) is 11.5 Å². The van der Waals surface area contributed by atoms with Crippen LogP contribution in [0, 0.1) is 12.7 Å². The first-order valence-corrected chi connectivity index (χ1v) is 9.19. The molecule has 3 rings (SSSR count). The summed E-state index contributed by atoms with van der Waals surface area (Å²) in [5.41, 5.74) is 2.78. The number of aliphatic hydroxyl groups excluding tert-OH is 1. The van der Waals surface area contributed by atoms with Gasteiger partial charge < -0.3 is 24.7 Å². The van der Waals surface area contributed by atoms with Gasteiger partial charge in [-0.15, -0.1) is 0 Å². The smallest absolute Gasteiger partial charge is 0.262 e. The number of fused-ring (bicyclic) bond motifs is 1. The second kappa shape index (κ2) is 7.77. The summed E-state index contributed by atoms with van der Waals surface area (Å²) in [4.78, 5) is 11.5. The van der Waals surface area contributed by atoms with Crippen molar-refractivity contribution in [1.82, 2.24) is 0 Å². The topological polar surface area (TPSA) is 78.8 Å². The second-order valence-corrected chi connectivity index (χ2v) is 7.93. The van der Waals surface area contributed by atoms with Gasteiger partial charge in [0.2, 0.25) is 0 Å². The molecule has 3 N–H and O–H groups in total. The molecule has 28 heavy (non-hydrogen) atoms. The lowest BCUT2D eigenvalue weighted by atomic mass is 10.0. The summed E-state index contributed by atoms with van der Waals surface area (Å²) in [7, 11) is 4.00. The van der Waals surface area contributed by atoms with Crippen molar-refractivity contribution in [3.63, 3.8) is 0 Å². The predicted molar refractivity (Wildman–Crippen MR) is 104 cm³/mol. The van der Waals surface area contributed by atoms with Crippen molar-refractivity contribution < 1.29 is 28.6 Å². The largest absolute Gasteiger partial charge is 0.508 e. The van der Waals surface area contributed by atoms with Crippen molar-refractivity contribution in [3.05, 3.63) is 52.8 Å². The molecule has 1 heterocycles. The number of phenolic OH excluding ortho intramolecular Hbond substituents is 1. The first-order valence-electron chi connectivity index (χ1n) is 9.19. The first-order chi connectivity index (χ1) is 13.1. The highest BCUT2D eigenvalue weighted by atomic mass is 19.1. The van der Waals surface area contributed by atoms with E-state index in [0.29, 0.717) is 28.0 Å². The molecule has 1 aliphatic rings. The lowest BCUT2D eigenvalue weighted by Crippen LogP contribution is -2.44. The SMILES string of the molecule is Cc1cc(F)ccc1CC[N+](C)(C)CC(O)c1cc(O)cc2c1OCC(=O)N2. The molecule has 0 aromatic heterocycles. The Balaban J connectivity index is 1.73. The minimum atomic E-state index is -0.889. The number of carbonyl (C=O) groups is 1. The summed E-state index contributed by atoms with van der Waals surface area (Å²) in [5.74, 6) is -0.208. The Bertz CT molecular complexity index is 898. The summed E-state index contributed by atoms with van der Waals surface area (Å²) in [6.07, 6.45) is -0.142. The third-order valence-electron chi connectivity index (χ3n) is 5.04. The van der Waals surface area contributed by atoms with Crippen LogP contribution in [0.2, 0.25) is 0 Å². The Morgan fingerprint density at radius 2 is 2.04 bits per heavy atom. The van der Waals surface area contributed by atoms with Crippen molar-refractivity contribution >= 4 is 11.6 Å². The molecule has 0 aliphatic carbocycles. The van der Waals surface area contributed by atoms with Crippen molar-refractivity contribution in [1.29, 1.82) is 0 Å². The Morgan fingerprint density at radius 1 is 1.29 bits per heavy atom. The van der Waals surface area contributed by atoms with Gasteiger partial charge in [-0.3, -0.25) is 4.79 Å². The predicted octanol–water partition coefficient (Wildman–Crippen LogP) is 2.52. The lowest BCUT2D eigenvalue weighted by molar-refractivity contribution is -0.893. The number of halogens is 1. The Labute approximate surface area is 163 Å². The van der Waals surface area contributed by atoms with E-state index < -0.39 is 6.10 Å². The number of nitrogens with zero attached hydrogens (tertiary/aromatic N) is 1. The molecule has 6 nitrogen and oxygen atoms in total. The van der Waals surface area contributed by atoms with Gasteiger partial charge in [0.15, 0.2) is 6.61 Å². The maximum Gasteiger partial charge on any atom is 0.262 e. The minimum absolute atomic E-state index is 0.0501. The number of rotatable bonds is 6. The molecule has 0 fully saturated rings. The van der Waals surface area contributed by atoms with Crippen molar-refractivity contribution in [2.45, 2.75) is 19.4 Å². The van der Waals surface area contributed by atoms with E-state index in [2.05, 4.69) is 5.32 Å². The third kappa shape index (κ3) is 4.61. The van der Waals surface area contributed by atoms with E-state index in [1.165, 1.54) is 24.3 Å². The molecule has 2 aromatic rings. The van der Waals surface area contributed by atoms with Crippen LogP contribution in [0.15, 0.2) is 30.3 Å². The van der Waals surface area contributed by atoms with Gasteiger partial charge in [0, 0.05) is 18.1 Å². The number of hydrogen-bond donors (Lipinski definition) is 3. The molecule has 0 spiro atoms. The highest BCUT2D eigenvalue weighted by Crippen LogP contribution is 2.39. The molecule has 150 valence electrons. The van der Waals surface area contributed by atoms with Crippen LogP contribution in [0.4, 0.5) is 10.1 Å². The van der Waals surface area contributed by atoms with Crippen molar-refractivity contribution in [2.75, 3.05) is 39.1 Å². The van der Waals surface area contributed by atoms with Gasteiger partial charge in [-0.05, 0) is 36.2 Å². The third-order valence-corrected chi connectivity index (χ3v) is 5.04. The number of ether oxygens (including phenoxy) is 1. The minimum Gasteiger partial charge on any atom is -0.508 e. The molecule has 1 amide bonds. The molecule has 7 heteroatoms. The number of benzene rings is 2. The van der Waals surface area contributed by atoms with Gasteiger partial charge in [0.05, 0.1) is 26.3 Å². The monoisotopic (exact) mass is 389 g/mol. The van der Waals surface area contributed by atoms with Gasteiger partial charge in [-0.1, -0.05) is 6.07 Å². The van der Waals surface area contributed by atoms with E-state index in [4.69, 9.17) is 4.74 Å². The molecule has 1 aliphatic heterocycles. The summed E-state index contributed by atoms with van der Waals surface area (Å²) < 4.78 is 19.3. The van der Waals surface area contributed by atoms with Crippen LogP contribution in [-0.4, -0.2) is 54.4 Å². The molecular weight excluding hydrogens is 363 g/mol. The van der Waals surface area contributed by atoms with Gasteiger partial charge in [-0.25, -0.2) is 4.39 Å². The fourth-order valence-corrected chi connectivity index (χ4v) is 3.48. The average Bonchev–Trinajstić information content (AvgIpc) is 2.59. The number of quaternary nitrogens is 1. The molecule has 0 saturated heterocycles. The van der Waals surface area contributed by atoms with Gasteiger partial charge in [0.25, 0.3) is 5.91 Å². The van der Waals surface area contributed by atoms with E-state index >= 15 is 0 Å². The normalized spacial score (nSPS) is 14.8. The first kappa shape index (κ1) is 20.1. The molecule has 0 saturated carbocycles. The molecule has 1 atom stereocenters. The fourth-order valence-electron chi connectivity index (χ4n) is 3.48. The summed E-state index contributed by atoms with van der Waals surface area (Å²) in [6, 6.07) is 7.64. The number of aliphatic hydroxyl groups is 1. The van der Waals surface area contributed by atoms with Gasteiger partial charge in [-0.2, -0.15) is 0 Å². The maximum absolute atomic E-state index is 13.3. The number of phenols is 1. The molecule has 2 aromatic carbocycles. The fraction of sp³-hybridized carbons (Fsp3) is 0.381. The molecule has 1 unspecified atom stereocenters. The average molecular weight is 389 g/mol. The zero-order valence-corrected chi connectivity index (χ0v) is 16.3. The standard InChI is InChI=1S/C21H25FN2O4/c1-13-8-15(22)5-4-14(13)6-7-24(2,3)11-19(26)17-9-16(25)10-18-21(17)28-12-20(27)23-18/h4-5,8-10,19,26H,6-7,11-12H2,1-3H3,(H-,23,25,27)/p+1. The number of carbonyl (C=O) groups excluding carboxylic acids is 1. The highest BCUT2D eigenvalue weighted by molar-refractivity contribution is 5.96. The number of nitrogens with one attached hydrogen (secondary N) is 1. The zero-order chi connectivity index (χ0) is 20.5. The maximum atomic E-state index is 13.3. The van der Waals surface area contributed by atoms with Crippen LogP contribution in [-0.2, 0) is 11.2 Å². The van der Waals surface area contributed by atoms with Crippen LogP contribution < -0.4 is 10.1 Å². The number of hydrogen-bond acceptors (Lipinski definition) is 4. The summed E-state index contributed by atoms with van der Waals surface area (Å²) in [6.45, 7) is 2.88. The van der Waals surface area contributed by atoms with Crippen molar-refractivity contribution in [2.24, 2.45) is 0 Å². The molecular formula is C21H26FN2O4+. The van der Waals surface area contributed by atoms with Gasteiger partial charge >= 0.3 is 0 Å². The van der Waals surface area contributed by atoms with E-state index in [-0.39, 0.29) is 24.1 Å². The Kier molecular flexibility index (Phi) is 5.58. The molecule has 0 radical (unpaired) electrons. The zero-order valence-electron chi connectivity index (χ0n) is 16.3. The number of likely N-dealkylation sites (N-methyl/N-ethyl adjacent to an activating group) is 1. The van der Waals surface area contributed by atoms with Crippen LogP contribution in [0.3, 0.4) is 0 Å². The molecule has 0 bridgehead atoms. The quantitative estimate of drug-likeness (QED) is 0.664. The Hall–Kier alpha value is -2.64. The van der Waals surface area contributed by atoms with E-state index in [1.54, 1.807) is 6.07 Å². The van der Waals surface area contributed by atoms with Gasteiger partial charge in [0.1, 0.15) is 30.0 Å². The van der Waals surface area contributed by atoms with Crippen LogP contribution in [0.1, 0.15) is 22.8 Å².